The van der Waals surface area contributed by atoms with E-state index < -0.39 is 17.6 Å². The summed E-state index contributed by atoms with van der Waals surface area (Å²) in [4.78, 5) is 12.2. The minimum Gasteiger partial charge on any atom is -0.507 e. The molecule has 0 aliphatic rings. The molecule has 8 heteroatoms. The second kappa shape index (κ2) is 6.55. The van der Waals surface area contributed by atoms with E-state index in [1.165, 1.54) is 24.4 Å². The molecular weight excluding hydrogens is 349 g/mol. The van der Waals surface area contributed by atoms with E-state index in [4.69, 9.17) is 4.42 Å². The zero-order valence-electron chi connectivity index (χ0n) is 13.5. The van der Waals surface area contributed by atoms with Crippen molar-refractivity contribution in [2.24, 2.45) is 5.10 Å². The maximum absolute atomic E-state index is 12.5. The average Bonchev–Trinajstić information content (AvgIpc) is 2.93. The van der Waals surface area contributed by atoms with E-state index in [0.717, 1.165) is 12.1 Å². The van der Waals surface area contributed by atoms with E-state index in [1.807, 2.05) is 0 Å². The molecule has 1 amide bonds. The summed E-state index contributed by atoms with van der Waals surface area (Å²) in [7, 11) is 0. The Labute approximate surface area is 145 Å². The molecule has 5 nitrogen and oxygen atoms in total. The van der Waals surface area contributed by atoms with E-state index >= 15 is 0 Å². The topological polar surface area (TPSA) is 74.8 Å². The number of nitrogens with zero attached hydrogens (tertiary/aromatic N) is 1. The summed E-state index contributed by atoms with van der Waals surface area (Å²) in [5.74, 6) is -0.650. The number of aromatic hydroxyl groups is 1. The number of carbonyl (C=O) groups is 1. The standard InChI is InChI=1S/C18H13F3N2O3/c1-10-15-13(24)3-2-4-14(15)26-16(10)17(25)23-22-9-11-5-7-12(8-6-11)18(19,20)21/h2-9,24H,1H3,(H,23,25)/b22-9+. The molecule has 0 radical (unpaired) electrons. The highest BCUT2D eigenvalue weighted by Crippen LogP contribution is 2.32. The maximum Gasteiger partial charge on any atom is 0.416 e. The lowest BCUT2D eigenvalue weighted by Gasteiger charge is -2.05. The summed E-state index contributed by atoms with van der Waals surface area (Å²) in [5.41, 5.74) is 2.68. The van der Waals surface area contributed by atoms with E-state index in [9.17, 15) is 23.1 Å². The van der Waals surface area contributed by atoms with Crippen molar-refractivity contribution >= 4 is 23.1 Å². The fourth-order valence-electron chi connectivity index (χ4n) is 2.47. The molecule has 0 saturated heterocycles. The predicted octanol–water partition coefficient (Wildman–Crippen LogP) is 4.23. The van der Waals surface area contributed by atoms with Crippen LogP contribution in [0.4, 0.5) is 13.2 Å². The normalized spacial score (nSPS) is 12.0. The average molecular weight is 362 g/mol. The molecule has 0 saturated carbocycles. The predicted molar refractivity (Wildman–Crippen MR) is 89.1 cm³/mol. The molecular formula is C18H13F3N2O3. The van der Waals surface area contributed by atoms with Crippen molar-refractivity contribution in [1.29, 1.82) is 0 Å². The van der Waals surface area contributed by atoms with Gasteiger partial charge in [0.1, 0.15) is 11.3 Å². The van der Waals surface area contributed by atoms with E-state index in [0.29, 0.717) is 22.1 Å². The molecule has 0 spiro atoms. The van der Waals surface area contributed by atoms with Crippen LogP contribution in [0.15, 0.2) is 52.0 Å². The Morgan fingerprint density at radius 2 is 1.88 bits per heavy atom. The van der Waals surface area contributed by atoms with Gasteiger partial charge in [0.25, 0.3) is 0 Å². The van der Waals surface area contributed by atoms with Gasteiger partial charge in [-0.2, -0.15) is 18.3 Å². The Morgan fingerprint density at radius 3 is 2.50 bits per heavy atom. The number of aryl methyl sites for hydroxylation is 1. The number of halogens is 3. The third-order valence-electron chi connectivity index (χ3n) is 3.76. The van der Waals surface area contributed by atoms with Gasteiger partial charge in [0, 0.05) is 5.56 Å². The molecule has 3 rings (SSSR count). The third-order valence-corrected chi connectivity index (χ3v) is 3.76. The molecule has 134 valence electrons. The van der Waals surface area contributed by atoms with E-state index in [1.54, 1.807) is 19.1 Å². The minimum atomic E-state index is -4.41. The highest BCUT2D eigenvalue weighted by Gasteiger charge is 2.29. The van der Waals surface area contributed by atoms with Gasteiger partial charge in [0.15, 0.2) is 5.76 Å². The van der Waals surface area contributed by atoms with Crippen LogP contribution >= 0.6 is 0 Å². The molecule has 2 aromatic carbocycles. The molecule has 0 bridgehead atoms. The number of amides is 1. The highest BCUT2D eigenvalue weighted by molar-refractivity contribution is 6.00. The lowest BCUT2D eigenvalue weighted by atomic mass is 10.1. The minimum absolute atomic E-state index is 0.00365. The van der Waals surface area contributed by atoms with Gasteiger partial charge in [0.2, 0.25) is 0 Å². The zero-order chi connectivity index (χ0) is 18.9. The number of hydrazone groups is 1. The van der Waals surface area contributed by atoms with Crippen LogP contribution in [0.2, 0.25) is 0 Å². The number of rotatable bonds is 3. The lowest BCUT2D eigenvalue weighted by Crippen LogP contribution is -2.17. The first-order chi connectivity index (χ1) is 12.3. The molecule has 2 N–H and O–H groups in total. The summed E-state index contributed by atoms with van der Waals surface area (Å²) in [6.07, 6.45) is -3.19. The van der Waals surface area contributed by atoms with Crippen LogP contribution in [0.25, 0.3) is 11.0 Å². The number of benzene rings is 2. The van der Waals surface area contributed by atoms with Crippen LogP contribution in [-0.4, -0.2) is 17.2 Å². The highest BCUT2D eigenvalue weighted by atomic mass is 19.4. The molecule has 1 heterocycles. The number of alkyl halides is 3. The molecule has 3 aromatic rings. The van der Waals surface area contributed by atoms with Crippen molar-refractivity contribution in [3.8, 4) is 5.75 Å². The summed E-state index contributed by atoms with van der Waals surface area (Å²) < 4.78 is 42.9. The molecule has 26 heavy (non-hydrogen) atoms. The Balaban J connectivity index is 1.74. The van der Waals surface area contributed by atoms with Gasteiger partial charge in [-0.15, -0.1) is 0 Å². The first-order valence-corrected chi connectivity index (χ1v) is 7.49. The van der Waals surface area contributed by atoms with Gasteiger partial charge in [-0.1, -0.05) is 18.2 Å². The number of hydrogen-bond acceptors (Lipinski definition) is 4. The van der Waals surface area contributed by atoms with Crippen LogP contribution in [-0.2, 0) is 6.18 Å². The van der Waals surface area contributed by atoms with Crippen LogP contribution < -0.4 is 5.43 Å². The fraction of sp³-hybridized carbons (Fsp3) is 0.111. The maximum atomic E-state index is 12.5. The number of phenolic OH excluding ortho intramolecular Hbond substituents is 1. The van der Waals surface area contributed by atoms with Crippen molar-refractivity contribution in [3.05, 3.63) is 64.9 Å². The fourth-order valence-corrected chi connectivity index (χ4v) is 2.47. The van der Waals surface area contributed by atoms with Crippen molar-refractivity contribution in [2.45, 2.75) is 13.1 Å². The number of nitrogens with one attached hydrogen (secondary N) is 1. The van der Waals surface area contributed by atoms with Gasteiger partial charge in [0.05, 0.1) is 17.2 Å². The first-order valence-electron chi connectivity index (χ1n) is 7.49. The Bertz CT molecular complexity index is 989. The summed E-state index contributed by atoms with van der Waals surface area (Å²) in [5, 5.41) is 14.0. The van der Waals surface area contributed by atoms with Crippen LogP contribution in [0, 0.1) is 6.92 Å². The van der Waals surface area contributed by atoms with Crippen molar-refractivity contribution in [1.82, 2.24) is 5.43 Å². The first kappa shape index (κ1) is 17.5. The van der Waals surface area contributed by atoms with E-state index in [-0.39, 0.29) is 11.5 Å². The second-order valence-electron chi connectivity index (χ2n) is 5.53. The zero-order valence-corrected chi connectivity index (χ0v) is 13.5. The van der Waals surface area contributed by atoms with Gasteiger partial charge in [-0.3, -0.25) is 4.79 Å². The van der Waals surface area contributed by atoms with Crippen molar-refractivity contribution in [2.75, 3.05) is 0 Å². The smallest absolute Gasteiger partial charge is 0.416 e. The van der Waals surface area contributed by atoms with Crippen LogP contribution in [0.3, 0.4) is 0 Å². The van der Waals surface area contributed by atoms with Gasteiger partial charge in [-0.25, -0.2) is 5.43 Å². The van der Waals surface area contributed by atoms with Crippen LogP contribution in [0.5, 0.6) is 5.75 Å². The summed E-state index contributed by atoms with van der Waals surface area (Å²) in [6, 6.07) is 9.02. The molecule has 0 aliphatic carbocycles. The number of furan rings is 1. The molecule has 0 fully saturated rings. The molecule has 1 aromatic heterocycles. The largest absolute Gasteiger partial charge is 0.507 e. The molecule has 0 unspecified atom stereocenters. The summed E-state index contributed by atoms with van der Waals surface area (Å²) >= 11 is 0. The quantitative estimate of drug-likeness (QED) is 0.541. The second-order valence-corrected chi connectivity index (χ2v) is 5.53. The van der Waals surface area contributed by atoms with Crippen LogP contribution in [0.1, 0.15) is 27.2 Å². The number of hydrogen-bond donors (Lipinski definition) is 2. The summed E-state index contributed by atoms with van der Waals surface area (Å²) in [6.45, 7) is 1.63. The number of fused-ring (bicyclic) bond motifs is 1. The van der Waals surface area contributed by atoms with E-state index in [2.05, 4.69) is 10.5 Å². The monoisotopic (exact) mass is 362 g/mol. The van der Waals surface area contributed by atoms with Gasteiger partial charge in [-0.05, 0) is 36.8 Å². The lowest BCUT2D eigenvalue weighted by molar-refractivity contribution is -0.137. The number of phenols is 1. The SMILES string of the molecule is Cc1c(C(=O)N/N=C/c2ccc(C(F)(F)F)cc2)oc2cccc(O)c12. The molecule has 0 atom stereocenters. The number of carbonyl (C=O) groups excluding carboxylic acids is 1. The third kappa shape index (κ3) is 3.39. The van der Waals surface area contributed by atoms with Crippen molar-refractivity contribution in [3.63, 3.8) is 0 Å². The van der Waals surface area contributed by atoms with Crippen molar-refractivity contribution < 1.29 is 27.5 Å². The Hall–Kier alpha value is -3.29. The van der Waals surface area contributed by atoms with Gasteiger partial charge < -0.3 is 9.52 Å². The Morgan fingerprint density at radius 1 is 1.19 bits per heavy atom. The molecule has 0 aliphatic heterocycles. The Kier molecular flexibility index (Phi) is 4.41. The van der Waals surface area contributed by atoms with Gasteiger partial charge >= 0.3 is 12.1 Å².